The molecule has 0 aliphatic heterocycles. The number of nitrogens with zero attached hydrogens (tertiary/aromatic N) is 1. The molecule has 1 radical (unpaired) electrons. The standard InChI is InChI=1S/C8H7ClNO/c1-11-10-6-7-3-2-4-8(9)5-7/h2-4,6H,1H3/b10-6+. The van der Waals surface area contributed by atoms with Gasteiger partial charge in [0.05, 0.1) is 6.21 Å². The number of rotatable bonds is 2. The molecule has 0 fully saturated rings. The van der Waals surface area contributed by atoms with E-state index in [0.717, 1.165) is 5.56 Å². The van der Waals surface area contributed by atoms with Gasteiger partial charge in [0.25, 0.3) is 0 Å². The van der Waals surface area contributed by atoms with E-state index in [4.69, 9.17) is 11.6 Å². The highest BCUT2D eigenvalue weighted by atomic mass is 35.5. The second kappa shape index (κ2) is 3.98. The van der Waals surface area contributed by atoms with Crippen molar-refractivity contribution in [1.29, 1.82) is 0 Å². The van der Waals surface area contributed by atoms with E-state index in [0.29, 0.717) is 5.02 Å². The maximum absolute atomic E-state index is 5.67. The summed E-state index contributed by atoms with van der Waals surface area (Å²) in [6.07, 6.45) is 1.55. The molecule has 57 valence electrons. The lowest BCUT2D eigenvalue weighted by molar-refractivity contribution is 0.215. The Hall–Kier alpha value is -1.02. The highest BCUT2D eigenvalue weighted by Gasteiger charge is 1.89. The highest BCUT2D eigenvalue weighted by Crippen LogP contribution is 2.07. The Morgan fingerprint density at radius 1 is 1.64 bits per heavy atom. The molecule has 1 aromatic rings. The summed E-state index contributed by atoms with van der Waals surface area (Å²) in [5.41, 5.74) is 0.805. The van der Waals surface area contributed by atoms with Crippen LogP contribution in [-0.4, -0.2) is 13.3 Å². The molecule has 0 heterocycles. The van der Waals surface area contributed by atoms with E-state index in [9.17, 15) is 0 Å². The Balaban J connectivity index is 2.79. The van der Waals surface area contributed by atoms with Crippen molar-refractivity contribution in [2.24, 2.45) is 5.16 Å². The molecule has 0 spiro atoms. The largest absolute Gasteiger partial charge is 0.399 e. The third-order valence-corrected chi connectivity index (χ3v) is 1.30. The summed E-state index contributed by atoms with van der Waals surface area (Å²) >= 11 is 5.67. The fourth-order valence-electron chi connectivity index (χ4n) is 0.642. The molecule has 0 amide bonds. The summed E-state index contributed by atoms with van der Waals surface area (Å²) in [4.78, 5) is 4.49. The minimum absolute atomic E-state index is 0.574. The first kappa shape index (κ1) is 8.08. The zero-order valence-corrected chi connectivity index (χ0v) is 6.80. The Labute approximate surface area is 70.4 Å². The highest BCUT2D eigenvalue weighted by molar-refractivity contribution is 6.30. The molecule has 0 bridgehead atoms. The van der Waals surface area contributed by atoms with Gasteiger partial charge in [0.15, 0.2) is 0 Å². The summed E-state index contributed by atoms with van der Waals surface area (Å²) < 4.78 is 0. The van der Waals surface area contributed by atoms with E-state index >= 15 is 0 Å². The number of oxime groups is 1. The predicted octanol–water partition coefficient (Wildman–Crippen LogP) is 2.12. The second-order valence-corrected chi connectivity index (χ2v) is 2.28. The van der Waals surface area contributed by atoms with Crippen LogP contribution in [0, 0.1) is 6.07 Å². The van der Waals surface area contributed by atoms with Gasteiger partial charge in [-0.25, -0.2) is 0 Å². The quantitative estimate of drug-likeness (QED) is 0.490. The molecule has 2 nitrogen and oxygen atoms in total. The number of halogens is 1. The first-order valence-electron chi connectivity index (χ1n) is 3.07. The molecule has 0 aliphatic carbocycles. The first-order chi connectivity index (χ1) is 5.33. The van der Waals surface area contributed by atoms with Gasteiger partial charge >= 0.3 is 0 Å². The summed E-state index contributed by atoms with van der Waals surface area (Å²) in [7, 11) is 1.49. The predicted molar refractivity (Wildman–Crippen MR) is 44.9 cm³/mol. The fourth-order valence-corrected chi connectivity index (χ4v) is 0.824. The van der Waals surface area contributed by atoms with E-state index in [1.54, 1.807) is 12.3 Å². The molecule has 0 atom stereocenters. The number of hydrogen-bond acceptors (Lipinski definition) is 2. The average Bonchev–Trinajstić information content (AvgIpc) is 2.01. The van der Waals surface area contributed by atoms with Crippen molar-refractivity contribution >= 4 is 17.8 Å². The number of hydrogen-bond donors (Lipinski definition) is 0. The lowest BCUT2D eigenvalue weighted by Gasteiger charge is -1.91. The molecule has 3 heteroatoms. The van der Waals surface area contributed by atoms with Crippen LogP contribution in [0.5, 0.6) is 0 Å². The Morgan fingerprint density at radius 2 is 2.45 bits per heavy atom. The van der Waals surface area contributed by atoms with E-state index in [-0.39, 0.29) is 0 Å². The fraction of sp³-hybridized carbons (Fsp3) is 0.125. The van der Waals surface area contributed by atoms with Gasteiger partial charge in [-0.05, 0) is 6.07 Å². The topological polar surface area (TPSA) is 21.6 Å². The molecule has 1 rings (SSSR count). The van der Waals surface area contributed by atoms with Gasteiger partial charge in [0.2, 0.25) is 0 Å². The zero-order valence-electron chi connectivity index (χ0n) is 6.04. The molecule has 0 aromatic heterocycles. The molecule has 0 unspecified atom stereocenters. The van der Waals surface area contributed by atoms with Crippen molar-refractivity contribution in [3.8, 4) is 0 Å². The van der Waals surface area contributed by atoms with Crippen molar-refractivity contribution in [3.05, 3.63) is 34.9 Å². The van der Waals surface area contributed by atoms with Gasteiger partial charge in [-0.3, -0.25) is 0 Å². The molecule has 0 saturated heterocycles. The zero-order chi connectivity index (χ0) is 8.10. The van der Waals surface area contributed by atoms with Gasteiger partial charge in [0.1, 0.15) is 7.11 Å². The second-order valence-electron chi connectivity index (χ2n) is 1.87. The average molecular weight is 169 g/mol. The third kappa shape index (κ3) is 2.60. The molecule has 0 aliphatic rings. The molecular weight excluding hydrogens is 162 g/mol. The van der Waals surface area contributed by atoms with Crippen LogP contribution in [0.3, 0.4) is 0 Å². The van der Waals surface area contributed by atoms with Crippen molar-refractivity contribution in [3.63, 3.8) is 0 Å². The summed E-state index contributed by atoms with van der Waals surface area (Å²) in [6.45, 7) is 0. The smallest absolute Gasteiger partial charge is 0.106 e. The Bertz CT molecular complexity index is 260. The van der Waals surface area contributed by atoms with Crippen LogP contribution in [0.2, 0.25) is 5.02 Å². The lowest BCUT2D eigenvalue weighted by atomic mass is 10.2. The molecule has 0 saturated carbocycles. The Morgan fingerprint density at radius 3 is 3.09 bits per heavy atom. The van der Waals surface area contributed by atoms with Crippen molar-refractivity contribution in [2.75, 3.05) is 7.11 Å². The van der Waals surface area contributed by atoms with Gasteiger partial charge in [-0.1, -0.05) is 28.9 Å². The molecular formula is C8H7ClNO. The van der Waals surface area contributed by atoms with Crippen LogP contribution >= 0.6 is 11.6 Å². The Kier molecular flexibility index (Phi) is 2.93. The van der Waals surface area contributed by atoms with Crippen LogP contribution in [0.4, 0.5) is 0 Å². The van der Waals surface area contributed by atoms with Crippen molar-refractivity contribution < 1.29 is 4.84 Å². The van der Waals surface area contributed by atoms with Gasteiger partial charge in [-0.15, -0.1) is 0 Å². The molecule has 1 aromatic carbocycles. The van der Waals surface area contributed by atoms with E-state index in [1.165, 1.54) is 7.11 Å². The van der Waals surface area contributed by atoms with E-state index < -0.39 is 0 Å². The first-order valence-corrected chi connectivity index (χ1v) is 3.45. The van der Waals surface area contributed by atoms with E-state index in [2.05, 4.69) is 16.1 Å². The normalized spacial score (nSPS) is 10.4. The lowest BCUT2D eigenvalue weighted by Crippen LogP contribution is -1.81. The van der Waals surface area contributed by atoms with Gasteiger partial charge in [-0.2, -0.15) is 0 Å². The van der Waals surface area contributed by atoms with Crippen molar-refractivity contribution in [2.45, 2.75) is 0 Å². The maximum atomic E-state index is 5.67. The summed E-state index contributed by atoms with van der Waals surface area (Å²) in [6, 6.07) is 8.30. The maximum Gasteiger partial charge on any atom is 0.106 e. The minimum atomic E-state index is 0.574. The number of benzene rings is 1. The van der Waals surface area contributed by atoms with Gasteiger partial charge < -0.3 is 4.84 Å². The van der Waals surface area contributed by atoms with Crippen LogP contribution in [-0.2, 0) is 4.84 Å². The summed E-state index contributed by atoms with van der Waals surface area (Å²) in [5, 5.41) is 4.14. The molecule has 11 heavy (non-hydrogen) atoms. The van der Waals surface area contributed by atoms with Crippen LogP contribution < -0.4 is 0 Å². The van der Waals surface area contributed by atoms with E-state index in [1.807, 2.05) is 12.1 Å². The third-order valence-electron chi connectivity index (χ3n) is 1.08. The van der Waals surface area contributed by atoms with Gasteiger partial charge in [0, 0.05) is 16.7 Å². The van der Waals surface area contributed by atoms with Crippen LogP contribution in [0.25, 0.3) is 0 Å². The van der Waals surface area contributed by atoms with Crippen molar-refractivity contribution in [1.82, 2.24) is 0 Å². The summed E-state index contributed by atoms with van der Waals surface area (Å²) in [5.74, 6) is 0. The van der Waals surface area contributed by atoms with Crippen LogP contribution in [0.15, 0.2) is 23.4 Å². The monoisotopic (exact) mass is 168 g/mol. The SMILES string of the molecule is CO/N=C/c1[c]c(Cl)ccc1. The minimum Gasteiger partial charge on any atom is -0.399 e. The molecule has 0 N–H and O–H groups in total. The van der Waals surface area contributed by atoms with Crippen LogP contribution in [0.1, 0.15) is 5.56 Å².